The molecule has 8 nitrogen and oxygen atoms in total. The predicted octanol–water partition coefficient (Wildman–Crippen LogP) is 2.76. The number of rotatable bonds is 6. The van der Waals surface area contributed by atoms with Gasteiger partial charge in [0.05, 0.1) is 17.2 Å². The highest BCUT2D eigenvalue weighted by molar-refractivity contribution is 7.89. The van der Waals surface area contributed by atoms with Gasteiger partial charge in [0.25, 0.3) is 0 Å². The van der Waals surface area contributed by atoms with Gasteiger partial charge in [-0.1, -0.05) is 29.4 Å². The molecule has 10 heteroatoms. The minimum absolute atomic E-state index is 0.0320. The van der Waals surface area contributed by atoms with Gasteiger partial charge >= 0.3 is 6.01 Å². The number of carbonyl (C=O) groups excluding carboxylic acids is 1. The number of benzene rings is 1. The highest BCUT2D eigenvalue weighted by atomic mass is 32.2. The summed E-state index contributed by atoms with van der Waals surface area (Å²) in [6, 6.07) is 12.2. The molecular formula is C19H20N4O4S2. The van der Waals surface area contributed by atoms with Crippen molar-refractivity contribution in [3.8, 4) is 0 Å². The van der Waals surface area contributed by atoms with Crippen molar-refractivity contribution in [3.63, 3.8) is 0 Å². The Balaban J connectivity index is 1.40. The first-order chi connectivity index (χ1) is 14.0. The molecule has 1 aliphatic heterocycles. The molecule has 0 spiro atoms. The second kappa shape index (κ2) is 8.44. The fourth-order valence-electron chi connectivity index (χ4n) is 3.26. The van der Waals surface area contributed by atoms with E-state index in [1.165, 1.54) is 4.31 Å². The zero-order chi connectivity index (χ0) is 20.3. The maximum atomic E-state index is 12.8. The van der Waals surface area contributed by atoms with Crippen molar-refractivity contribution in [2.24, 2.45) is 5.92 Å². The zero-order valence-electron chi connectivity index (χ0n) is 15.5. The Labute approximate surface area is 172 Å². The molecule has 0 saturated carbocycles. The minimum atomic E-state index is -3.62. The van der Waals surface area contributed by atoms with Crippen LogP contribution in [0.5, 0.6) is 0 Å². The average molecular weight is 433 g/mol. The van der Waals surface area contributed by atoms with Crippen LogP contribution in [0.2, 0.25) is 0 Å². The molecule has 1 aromatic carbocycles. The number of thiophene rings is 1. The lowest BCUT2D eigenvalue weighted by Gasteiger charge is -2.30. The molecule has 1 fully saturated rings. The first-order valence-corrected chi connectivity index (χ1v) is 11.5. The number of nitrogens with one attached hydrogen (secondary N) is 1. The van der Waals surface area contributed by atoms with Crippen molar-refractivity contribution in [2.45, 2.75) is 24.2 Å². The van der Waals surface area contributed by atoms with Crippen LogP contribution in [-0.2, 0) is 21.2 Å². The lowest BCUT2D eigenvalue weighted by Crippen LogP contribution is -2.43. The van der Waals surface area contributed by atoms with Crippen LogP contribution in [-0.4, -0.2) is 41.9 Å². The van der Waals surface area contributed by atoms with E-state index in [2.05, 4.69) is 15.5 Å². The number of hydrogen-bond donors (Lipinski definition) is 1. The Kier molecular flexibility index (Phi) is 5.74. The molecule has 0 unspecified atom stereocenters. The largest absolute Gasteiger partial charge is 0.407 e. The van der Waals surface area contributed by atoms with E-state index in [1.54, 1.807) is 41.7 Å². The maximum absolute atomic E-state index is 12.8. The fraction of sp³-hybridized carbons (Fsp3) is 0.316. The molecule has 1 atom stereocenters. The van der Waals surface area contributed by atoms with Gasteiger partial charge in [-0.2, -0.15) is 4.31 Å². The maximum Gasteiger partial charge on any atom is 0.322 e. The second-order valence-electron chi connectivity index (χ2n) is 6.76. The van der Waals surface area contributed by atoms with Crippen molar-refractivity contribution < 1.29 is 17.6 Å². The zero-order valence-corrected chi connectivity index (χ0v) is 17.2. The molecule has 4 rings (SSSR count). The lowest BCUT2D eigenvalue weighted by molar-refractivity contribution is -0.121. The highest BCUT2D eigenvalue weighted by Gasteiger charge is 2.33. The van der Waals surface area contributed by atoms with Gasteiger partial charge < -0.3 is 4.42 Å². The quantitative estimate of drug-likeness (QED) is 0.642. The smallest absolute Gasteiger partial charge is 0.322 e. The molecule has 0 aliphatic carbocycles. The van der Waals surface area contributed by atoms with Gasteiger partial charge in [0.2, 0.25) is 21.8 Å². The molecule has 1 saturated heterocycles. The summed E-state index contributed by atoms with van der Waals surface area (Å²) in [5.74, 6) is -0.376. The molecule has 0 radical (unpaired) electrons. The van der Waals surface area contributed by atoms with Gasteiger partial charge in [0, 0.05) is 18.0 Å². The van der Waals surface area contributed by atoms with Gasteiger partial charge in [-0.05, 0) is 36.4 Å². The van der Waals surface area contributed by atoms with Gasteiger partial charge in [0.15, 0.2) is 0 Å². The minimum Gasteiger partial charge on any atom is -0.407 e. The van der Waals surface area contributed by atoms with Crippen LogP contribution in [0.3, 0.4) is 0 Å². The molecule has 2 aromatic heterocycles. The predicted molar refractivity (Wildman–Crippen MR) is 108 cm³/mol. The fourth-order valence-corrected chi connectivity index (χ4v) is 5.50. The molecule has 1 aliphatic rings. The summed E-state index contributed by atoms with van der Waals surface area (Å²) < 4.78 is 32.5. The number of sulfonamides is 1. The first-order valence-electron chi connectivity index (χ1n) is 9.23. The number of piperidine rings is 1. The Morgan fingerprint density at radius 3 is 2.79 bits per heavy atom. The van der Waals surface area contributed by atoms with Crippen LogP contribution in [0, 0.1) is 5.92 Å². The van der Waals surface area contributed by atoms with Gasteiger partial charge in [-0.25, -0.2) is 8.42 Å². The molecule has 29 heavy (non-hydrogen) atoms. The molecule has 1 amide bonds. The van der Waals surface area contributed by atoms with E-state index in [1.807, 2.05) is 17.5 Å². The third kappa shape index (κ3) is 4.55. The highest BCUT2D eigenvalue weighted by Crippen LogP contribution is 2.25. The Morgan fingerprint density at radius 1 is 1.21 bits per heavy atom. The van der Waals surface area contributed by atoms with Crippen molar-refractivity contribution in [1.29, 1.82) is 0 Å². The topological polar surface area (TPSA) is 105 Å². The van der Waals surface area contributed by atoms with Crippen molar-refractivity contribution in [2.75, 3.05) is 18.4 Å². The third-order valence-corrected chi connectivity index (χ3v) is 7.49. The van der Waals surface area contributed by atoms with Crippen LogP contribution < -0.4 is 5.32 Å². The van der Waals surface area contributed by atoms with Crippen LogP contribution >= 0.6 is 11.3 Å². The van der Waals surface area contributed by atoms with E-state index in [-0.39, 0.29) is 23.4 Å². The van der Waals surface area contributed by atoms with Crippen LogP contribution in [0.25, 0.3) is 0 Å². The summed E-state index contributed by atoms with van der Waals surface area (Å²) in [7, 11) is -3.62. The van der Waals surface area contributed by atoms with Crippen LogP contribution in [0.4, 0.5) is 6.01 Å². The molecular weight excluding hydrogens is 412 g/mol. The van der Waals surface area contributed by atoms with Gasteiger partial charge in [0.1, 0.15) is 0 Å². The average Bonchev–Trinajstić information content (AvgIpc) is 3.41. The van der Waals surface area contributed by atoms with E-state index in [9.17, 15) is 13.2 Å². The summed E-state index contributed by atoms with van der Waals surface area (Å²) in [6.07, 6.45) is 1.72. The standard InChI is InChI=1S/C19H20N4O4S2/c24-18(20-19-22-21-17(27-19)12-15-7-5-11-28-15)14-6-4-10-23(13-14)29(25,26)16-8-2-1-3-9-16/h1-3,5,7-9,11,14H,4,6,10,12-13H2,(H,20,22,24)/t14-/m0/s1. The SMILES string of the molecule is O=C(Nc1nnc(Cc2cccs2)o1)[C@H]1CCCN(S(=O)(=O)c2ccccc2)C1. The number of nitrogens with zero attached hydrogens (tertiary/aromatic N) is 3. The molecule has 1 N–H and O–H groups in total. The first kappa shape index (κ1) is 19.7. The molecule has 3 heterocycles. The van der Waals surface area contributed by atoms with Crippen molar-refractivity contribution in [3.05, 3.63) is 58.6 Å². The van der Waals surface area contributed by atoms with Crippen molar-refractivity contribution >= 4 is 33.3 Å². The number of amides is 1. The molecule has 3 aromatic rings. The second-order valence-corrected chi connectivity index (χ2v) is 9.73. The lowest BCUT2D eigenvalue weighted by atomic mass is 9.99. The number of aromatic nitrogens is 2. The summed E-state index contributed by atoms with van der Waals surface area (Å²) in [6.45, 7) is 0.520. The van der Waals surface area contributed by atoms with Crippen molar-refractivity contribution in [1.82, 2.24) is 14.5 Å². The summed E-state index contributed by atoms with van der Waals surface area (Å²) >= 11 is 1.59. The van der Waals surface area contributed by atoms with Gasteiger partial charge in [-0.3, -0.25) is 10.1 Å². The Bertz CT molecular complexity index is 1060. The van der Waals surface area contributed by atoms with Crippen LogP contribution in [0.15, 0.2) is 57.2 Å². The van der Waals surface area contributed by atoms with E-state index in [0.29, 0.717) is 31.7 Å². The third-order valence-electron chi connectivity index (χ3n) is 4.74. The molecule has 0 bridgehead atoms. The monoisotopic (exact) mass is 432 g/mol. The van der Waals surface area contributed by atoms with Crippen LogP contribution in [0.1, 0.15) is 23.6 Å². The van der Waals surface area contributed by atoms with E-state index in [0.717, 1.165) is 4.88 Å². The van der Waals surface area contributed by atoms with Gasteiger partial charge in [-0.15, -0.1) is 16.4 Å². The normalized spacial score (nSPS) is 17.9. The van der Waals surface area contributed by atoms with E-state index in [4.69, 9.17) is 4.42 Å². The summed E-state index contributed by atoms with van der Waals surface area (Å²) in [5, 5.41) is 12.4. The number of anilines is 1. The van der Waals surface area contributed by atoms with E-state index >= 15 is 0 Å². The summed E-state index contributed by atoms with van der Waals surface area (Å²) in [5.41, 5.74) is 0. The molecule has 152 valence electrons. The van der Waals surface area contributed by atoms with E-state index < -0.39 is 15.9 Å². The number of hydrogen-bond acceptors (Lipinski definition) is 7. The number of carbonyl (C=O) groups is 1. The summed E-state index contributed by atoms with van der Waals surface area (Å²) in [4.78, 5) is 14.0. The Hall–Kier alpha value is -2.56. The Morgan fingerprint density at radius 2 is 2.03 bits per heavy atom.